The van der Waals surface area contributed by atoms with Crippen LogP contribution in [-0.2, 0) is 4.79 Å². The predicted octanol–water partition coefficient (Wildman–Crippen LogP) is 3.25. The van der Waals surface area contributed by atoms with Crippen LogP contribution in [0.3, 0.4) is 0 Å². The zero-order valence-corrected chi connectivity index (χ0v) is 21.1. The van der Waals surface area contributed by atoms with Crippen LogP contribution in [-0.4, -0.2) is 65.0 Å². The molecule has 2 unspecified atom stereocenters. The topological polar surface area (TPSA) is 142 Å². The van der Waals surface area contributed by atoms with Gasteiger partial charge in [-0.05, 0) is 57.2 Å². The number of benzene rings is 1. The first kappa shape index (κ1) is 24.2. The zero-order valence-electron chi connectivity index (χ0n) is 21.1. The number of hydrogen-bond acceptors (Lipinski definition) is 7. The summed E-state index contributed by atoms with van der Waals surface area (Å²) in [5.41, 5.74) is 10.2. The maximum absolute atomic E-state index is 15.2. The van der Waals surface area contributed by atoms with E-state index in [1.54, 1.807) is 29.4 Å². The molecule has 1 aromatic carbocycles. The van der Waals surface area contributed by atoms with E-state index in [9.17, 15) is 14.7 Å². The van der Waals surface area contributed by atoms with Gasteiger partial charge in [0.05, 0.1) is 23.0 Å². The second-order valence-electron chi connectivity index (χ2n) is 10.2. The summed E-state index contributed by atoms with van der Waals surface area (Å²) in [5, 5.41) is 13.8. The lowest BCUT2D eigenvalue weighted by molar-refractivity contribution is -0.138. The minimum absolute atomic E-state index is 0.0197. The molecule has 2 bridgehead atoms. The molecule has 10 nitrogen and oxygen atoms in total. The number of ketones is 1. The number of nitrogens with two attached hydrogens (primary N) is 1. The largest absolute Gasteiger partial charge is 0.387 e. The van der Waals surface area contributed by atoms with E-state index in [-0.39, 0.29) is 35.5 Å². The fourth-order valence-corrected chi connectivity index (χ4v) is 6.21. The third kappa shape index (κ3) is 3.76. The zero-order chi connectivity index (χ0) is 26.7. The molecular formula is C27H28FN7O3. The second-order valence-corrected chi connectivity index (χ2v) is 10.2. The number of aromatic amines is 1. The third-order valence-electron chi connectivity index (χ3n) is 7.84. The lowest BCUT2D eigenvalue weighted by atomic mass is 9.85. The van der Waals surface area contributed by atoms with E-state index in [1.807, 2.05) is 6.92 Å². The van der Waals surface area contributed by atoms with Gasteiger partial charge in [0, 0.05) is 35.5 Å². The number of anilines is 1. The van der Waals surface area contributed by atoms with Crippen molar-refractivity contribution in [1.29, 1.82) is 0 Å². The lowest BCUT2D eigenvalue weighted by Crippen LogP contribution is -2.47. The molecule has 6 rings (SSSR count). The van der Waals surface area contributed by atoms with Crippen molar-refractivity contribution in [3.63, 3.8) is 0 Å². The Morgan fingerprint density at radius 1 is 1.18 bits per heavy atom. The summed E-state index contributed by atoms with van der Waals surface area (Å²) in [7, 11) is 0. The summed E-state index contributed by atoms with van der Waals surface area (Å²) >= 11 is 0. The first-order valence-electron chi connectivity index (χ1n) is 12.7. The van der Waals surface area contributed by atoms with Crippen molar-refractivity contribution < 1.29 is 19.1 Å². The number of aromatic nitrogens is 5. The summed E-state index contributed by atoms with van der Waals surface area (Å²) in [6.07, 6.45) is 6.16. The van der Waals surface area contributed by atoms with Crippen LogP contribution in [0.5, 0.6) is 0 Å². The van der Waals surface area contributed by atoms with Gasteiger partial charge in [-0.1, -0.05) is 6.07 Å². The van der Waals surface area contributed by atoms with Crippen LogP contribution in [0.25, 0.3) is 28.2 Å². The number of carbonyl (C=O) groups is 2. The summed E-state index contributed by atoms with van der Waals surface area (Å²) in [6, 6.07) is 4.82. The number of aliphatic hydroxyl groups is 1. The van der Waals surface area contributed by atoms with Crippen LogP contribution in [0.1, 0.15) is 60.3 Å². The summed E-state index contributed by atoms with van der Waals surface area (Å²) in [5.74, 6) is -0.378. The molecular weight excluding hydrogens is 489 g/mol. The summed E-state index contributed by atoms with van der Waals surface area (Å²) in [4.78, 5) is 39.1. The third-order valence-corrected chi connectivity index (χ3v) is 7.84. The number of imidazole rings is 1. The van der Waals surface area contributed by atoms with E-state index in [1.165, 1.54) is 17.5 Å². The lowest BCUT2D eigenvalue weighted by Gasteiger charge is -2.39. The minimum atomic E-state index is -0.512. The summed E-state index contributed by atoms with van der Waals surface area (Å²) in [6.45, 7) is 2.79. The van der Waals surface area contributed by atoms with Gasteiger partial charge in [-0.3, -0.25) is 9.59 Å². The maximum atomic E-state index is 15.2. The number of nitrogens with zero attached hydrogens (tertiary/aromatic N) is 5. The molecule has 4 aromatic rings. The van der Waals surface area contributed by atoms with Crippen LogP contribution in [0.4, 0.5) is 10.2 Å². The van der Waals surface area contributed by atoms with Gasteiger partial charge in [0.15, 0.2) is 11.4 Å². The number of fused-ring (bicyclic) bond motifs is 3. The van der Waals surface area contributed by atoms with Crippen molar-refractivity contribution in [3.05, 3.63) is 53.4 Å². The van der Waals surface area contributed by atoms with Crippen molar-refractivity contribution in [2.24, 2.45) is 0 Å². The van der Waals surface area contributed by atoms with Crippen LogP contribution in [0.2, 0.25) is 0 Å². The Hall–Kier alpha value is -4.12. The van der Waals surface area contributed by atoms with Gasteiger partial charge in [-0.15, -0.1) is 0 Å². The monoisotopic (exact) mass is 517 g/mol. The molecule has 2 aliphatic rings. The van der Waals surface area contributed by atoms with E-state index in [4.69, 9.17) is 10.7 Å². The number of halogens is 1. The number of H-pyrrole nitrogens is 1. The Morgan fingerprint density at radius 3 is 2.53 bits per heavy atom. The van der Waals surface area contributed by atoms with E-state index in [2.05, 4.69) is 15.1 Å². The highest BCUT2D eigenvalue weighted by Crippen LogP contribution is 2.44. The number of piperidine rings is 1. The van der Waals surface area contributed by atoms with Crippen LogP contribution >= 0.6 is 0 Å². The van der Waals surface area contributed by atoms with E-state index in [0.29, 0.717) is 52.3 Å². The quantitative estimate of drug-likeness (QED) is 0.345. The van der Waals surface area contributed by atoms with Gasteiger partial charge in [-0.2, -0.15) is 9.61 Å². The van der Waals surface area contributed by atoms with Crippen molar-refractivity contribution in [3.8, 4) is 22.5 Å². The minimum Gasteiger partial charge on any atom is -0.387 e. The first-order chi connectivity index (χ1) is 18.3. The highest BCUT2D eigenvalue weighted by molar-refractivity contribution is 6.00. The smallest absolute Gasteiger partial charge is 0.248 e. The first-order valence-corrected chi connectivity index (χ1v) is 12.7. The van der Waals surface area contributed by atoms with Gasteiger partial charge >= 0.3 is 0 Å². The van der Waals surface area contributed by atoms with Gasteiger partial charge < -0.3 is 20.7 Å². The Kier molecular flexibility index (Phi) is 5.75. The fourth-order valence-electron chi connectivity index (χ4n) is 6.21. The van der Waals surface area contributed by atoms with E-state index >= 15 is 4.39 Å². The average Bonchev–Trinajstić information content (AvgIpc) is 3.58. The highest BCUT2D eigenvalue weighted by atomic mass is 19.1. The Balaban J connectivity index is 1.43. The Labute approximate surface area is 217 Å². The van der Waals surface area contributed by atoms with Crippen molar-refractivity contribution in [1.82, 2.24) is 29.5 Å². The molecule has 4 N–H and O–H groups in total. The van der Waals surface area contributed by atoms with Crippen LogP contribution < -0.4 is 5.73 Å². The Bertz CT molecular complexity index is 1580. The average molecular weight is 518 g/mol. The van der Waals surface area contributed by atoms with E-state index in [0.717, 1.165) is 18.5 Å². The SMILES string of the molecule is CC(=O)c1c(C2CC3CCC(C2)N3C(=O)CO)nc2c(-c3ccc(-c4ncc(C)[nH]4)c(F)c3)cnn2c1N. The molecule has 0 aliphatic carbocycles. The number of aliphatic hydroxyl groups excluding tert-OH is 1. The number of Topliss-reactive ketones (excluding diaryl/α,β-unsaturated/α-hetero) is 1. The second kappa shape index (κ2) is 9.02. The van der Waals surface area contributed by atoms with Gasteiger partial charge in [0.25, 0.3) is 0 Å². The van der Waals surface area contributed by atoms with Crippen molar-refractivity contribution >= 4 is 23.2 Å². The predicted molar refractivity (Wildman–Crippen MR) is 138 cm³/mol. The maximum Gasteiger partial charge on any atom is 0.248 e. The molecule has 196 valence electrons. The fraction of sp³-hybridized carbons (Fsp3) is 0.370. The number of rotatable bonds is 5. The molecule has 0 radical (unpaired) electrons. The molecule has 5 heterocycles. The standard InChI is InChI=1S/C27H28FN7O3/c1-13-10-30-26(32-13)19-6-3-15(9-21(19)28)20-11-31-35-25(29)23(14(2)37)24(33-27(20)35)16-7-17-4-5-18(8-16)34(17)22(38)12-36/h3,6,9-11,16-18,36H,4-5,7-8,12,29H2,1-2H3,(H,30,32). The number of nitrogen functional groups attached to an aromatic ring is 1. The van der Waals surface area contributed by atoms with Crippen LogP contribution in [0, 0.1) is 12.7 Å². The van der Waals surface area contributed by atoms with Crippen molar-refractivity contribution in [2.45, 2.75) is 57.5 Å². The summed E-state index contributed by atoms with van der Waals surface area (Å²) < 4.78 is 16.6. The number of hydrogen-bond donors (Lipinski definition) is 3. The van der Waals surface area contributed by atoms with Gasteiger partial charge in [-0.25, -0.2) is 14.4 Å². The highest BCUT2D eigenvalue weighted by Gasteiger charge is 2.44. The molecule has 0 saturated carbocycles. The molecule has 38 heavy (non-hydrogen) atoms. The number of carbonyl (C=O) groups excluding carboxylic acids is 2. The van der Waals surface area contributed by atoms with Gasteiger partial charge in [0.2, 0.25) is 5.91 Å². The van der Waals surface area contributed by atoms with Crippen LogP contribution in [0.15, 0.2) is 30.6 Å². The molecule has 11 heteroatoms. The number of aryl methyl sites for hydroxylation is 1. The normalized spacial score (nSPS) is 20.8. The van der Waals surface area contributed by atoms with Gasteiger partial charge in [0.1, 0.15) is 24.1 Å². The molecule has 2 aliphatic heterocycles. The van der Waals surface area contributed by atoms with Crippen molar-refractivity contribution in [2.75, 3.05) is 12.3 Å². The molecule has 3 aromatic heterocycles. The molecule has 0 spiro atoms. The van der Waals surface area contributed by atoms with E-state index < -0.39 is 12.4 Å². The molecule has 2 fully saturated rings. The molecule has 2 atom stereocenters. The number of amides is 1. The number of nitrogens with one attached hydrogen (secondary N) is 1. The molecule has 1 amide bonds. The Morgan fingerprint density at radius 2 is 1.92 bits per heavy atom. The molecule has 2 saturated heterocycles.